The maximum atomic E-state index is 12.9. The highest BCUT2D eigenvalue weighted by Gasteiger charge is 2.53. The Balaban J connectivity index is 1.88. The third-order valence-corrected chi connectivity index (χ3v) is 4.42. The van der Waals surface area contributed by atoms with Crippen LogP contribution >= 0.6 is 0 Å². The van der Waals surface area contributed by atoms with Gasteiger partial charge in [0.05, 0.1) is 11.8 Å². The molecule has 0 aromatic heterocycles. The maximum absolute atomic E-state index is 12.9. The van der Waals surface area contributed by atoms with Crippen LogP contribution in [-0.4, -0.2) is 47.3 Å². The molecule has 2 aliphatic rings. The molecule has 0 aromatic carbocycles. The lowest BCUT2D eigenvalue weighted by molar-refractivity contribution is -0.187. The molecular formula is C14H21F3N2O3. The number of carboxylic acids is 1. The molecule has 8 heteroatoms. The smallest absolute Gasteiger partial charge is 0.394 e. The quantitative estimate of drug-likeness (QED) is 0.817. The van der Waals surface area contributed by atoms with E-state index < -0.39 is 43.1 Å². The van der Waals surface area contributed by atoms with Crippen molar-refractivity contribution in [1.29, 1.82) is 0 Å². The van der Waals surface area contributed by atoms with Gasteiger partial charge >= 0.3 is 18.2 Å². The number of rotatable bonds is 5. The number of carbonyl (C=O) groups excluding carboxylic acids is 1. The number of carbonyl (C=O) groups is 2. The van der Waals surface area contributed by atoms with Gasteiger partial charge in [0.15, 0.2) is 0 Å². The molecule has 3 atom stereocenters. The molecule has 0 aromatic rings. The molecule has 0 bridgehead atoms. The largest absolute Gasteiger partial charge is 0.481 e. The lowest BCUT2D eigenvalue weighted by atomic mass is 9.96. The molecule has 1 saturated carbocycles. The second-order valence-electron chi connectivity index (χ2n) is 6.37. The molecule has 22 heavy (non-hydrogen) atoms. The van der Waals surface area contributed by atoms with Gasteiger partial charge in [-0.2, -0.15) is 13.2 Å². The van der Waals surface area contributed by atoms with Crippen molar-refractivity contribution in [2.24, 2.45) is 17.8 Å². The van der Waals surface area contributed by atoms with E-state index >= 15 is 0 Å². The number of alkyl halides is 3. The summed E-state index contributed by atoms with van der Waals surface area (Å²) in [6, 6.07) is -0.734. The minimum absolute atomic E-state index is 0.124. The lowest BCUT2D eigenvalue weighted by Crippen LogP contribution is -2.43. The van der Waals surface area contributed by atoms with Gasteiger partial charge in [-0.1, -0.05) is 12.8 Å². The summed E-state index contributed by atoms with van der Waals surface area (Å²) in [5.74, 6) is -4.39. The second kappa shape index (κ2) is 6.34. The zero-order valence-electron chi connectivity index (χ0n) is 12.4. The van der Waals surface area contributed by atoms with Crippen LogP contribution in [0.5, 0.6) is 0 Å². The first kappa shape index (κ1) is 16.9. The van der Waals surface area contributed by atoms with Gasteiger partial charge in [0.25, 0.3) is 0 Å². The molecule has 1 aliphatic carbocycles. The number of amides is 2. The zero-order valence-corrected chi connectivity index (χ0v) is 12.4. The molecule has 2 rings (SSSR count). The fourth-order valence-corrected chi connectivity index (χ4v) is 2.82. The summed E-state index contributed by atoms with van der Waals surface area (Å²) in [7, 11) is 0. The van der Waals surface area contributed by atoms with Crippen molar-refractivity contribution in [3.8, 4) is 0 Å². The number of aliphatic carboxylic acids is 1. The Labute approximate surface area is 126 Å². The van der Waals surface area contributed by atoms with Crippen molar-refractivity contribution in [3.05, 3.63) is 0 Å². The minimum Gasteiger partial charge on any atom is -0.481 e. The topological polar surface area (TPSA) is 69.6 Å². The summed E-state index contributed by atoms with van der Waals surface area (Å²) >= 11 is 0. The van der Waals surface area contributed by atoms with Crippen LogP contribution in [0.2, 0.25) is 0 Å². The van der Waals surface area contributed by atoms with Crippen molar-refractivity contribution in [2.75, 3.05) is 13.1 Å². The average molecular weight is 322 g/mol. The van der Waals surface area contributed by atoms with Crippen LogP contribution in [0.1, 0.15) is 32.6 Å². The van der Waals surface area contributed by atoms with Gasteiger partial charge in [0, 0.05) is 19.1 Å². The average Bonchev–Trinajstić information content (AvgIpc) is 3.09. The predicted octanol–water partition coefficient (Wildman–Crippen LogP) is 2.47. The second-order valence-corrected chi connectivity index (χ2v) is 6.37. The van der Waals surface area contributed by atoms with Gasteiger partial charge in [0.1, 0.15) is 0 Å². The van der Waals surface area contributed by atoms with Gasteiger partial charge in [-0.15, -0.1) is 0 Å². The number of halogens is 3. The number of hydrogen-bond donors (Lipinski definition) is 2. The molecular weight excluding hydrogens is 301 g/mol. The maximum Gasteiger partial charge on any atom is 0.394 e. The molecule has 0 radical (unpaired) electrons. The monoisotopic (exact) mass is 322 g/mol. The van der Waals surface area contributed by atoms with Crippen LogP contribution < -0.4 is 5.32 Å². The summed E-state index contributed by atoms with van der Waals surface area (Å²) in [5.41, 5.74) is 0. The number of nitrogens with one attached hydrogen (secondary N) is 1. The Morgan fingerprint density at radius 1 is 1.32 bits per heavy atom. The van der Waals surface area contributed by atoms with Crippen LogP contribution in [0.4, 0.5) is 18.0 Å². The fraction of sp³-hybridized carbons (Fsp3) is 0.857. The Morgan fingerprint density at radius 2 is 1.95 bits per heavy atom. The van der Waals surface area contributed by atoms with Crippen molar-refractivity contribution in [2.45, 2.75) is 44.8 Å². The molecule has 2 fully saturated rings. The third kappa shape index (κ3) is 4.27. The Hall–Kier alpha value is -1.47. The highest BCUT2D eigenvalue weighted by molar-refractivity contribution is 5.78. The van der Waals surface area contributed by atoms with Crippen LogP contribution in [0, 0.1) is 17.8 Å². The molecule has 1 aliphatic heterocycles. The Bertz CT molecular complexity index is 438. The number of likely N-dealkylation sites (tertiary alicyclic amines) is 1. The molecule has 1 heterocycles. The summed E-state index contributed by atoms with van der Waals surface area (Å²) in [5, 5.41) is 11.6. The van der Waals surface area contributed by atoms with Crippen LogP contribution in [0.15, 0.2) is 0 Å². The van der Waals surface area contributed by atoms with E-state index in [0.717, 1.165) is 23.7 Å². The predicted molar refractivity (Wildman–Crippen MR) is 72.2 cm³/mol. The highest BCUT2D eigenvalue weighted by atomic mass is 19.4. The molecule has 0 spiro atoms. The first-order valence-corrected chi connectivity index (χ1v) is 7.53. The van der Waals surface area contributed by atoms with E-state index in [-0.39, 0.29) is 6.04 Å². The van der Waals surface area contributed by atoms with E-state index in [2.05, 4.69) is 5.32 Å². The molecule has 1 saturated heterocycles. The summed E-state index contributed by atoms with van der Waals surface area (Å²) in [4.78, 5) is 23.9. The van der Waals surface area contributed by atoms with Gasteiger partial charge < -0.3 is 15.3 Å². The normalized spacial score (nSPS) is 26.8. The number of nitrogens with zero attached hydrogens (tertiary/aromatic N) is 1. The van der Waals surface area contributed by atoms with E-state index in [9.17, 15) is 22.8 Å². The Kier molecular flexibility index (Phi) is 4.87. The van der Waals surface area contributed by atoms with Crippen LogP contribution in [0.3, 0.4) is 0 Å². The molecule has 1 unspecified atom stereocenters. The van der Waals surface area contributed by atoms with E-state index in [1.807, 2.05) is 6.92 Å². The van der Waals surface area contributed by atoms with Gasteiger partial charge in [-0.05, 0) is 25.7 Å². The third-order valence-electron chi connectivity index (χ3n) is 4.42. The molecule has 126 valence electrons. The van der Waals surface area contributed by atoms with E-state index in [1.165, 1.54) is 12.8 Å². The molecule has 5 nitrogen and oxygen atoms in total. The van der Waals surface area contributed by atoms with Crippen molar-refractivity contribution in [3.63, 3.8) is 0 Å². The van der Waals surface area contributed by atoms with Crippen molar-refractivity contribution >= 4 is 12.0 Å². The summed E-state index contributed by atoms with van der Waals surface area (Å²) in [6.45, 7) is 0.814. The van der Waals surface area contributed by atoms with Gasteiger partial charge in [0.2, 0.25) is 0 Å². The van der Waals surface area contributed by atoms with E-state index in [4.69, 9.17) is 5.11 Å². The first-order valence-electron chi connectivity index (χ1n) is 7.53. The number of carboxylic acid groups (broad SMARTS) is 1. The zero-order chi connectivity index (χ0) is 16.5. The van der Waals surface area contributed by atoms with E-state index in [1.54, 1.807) is 0 Å². The van der Waals surface area contributed by atoms with E-state index in [0.29, 0.717) is 0 Å². The lowest BCUT2D eigenvalue weighted by Gasteiger charge is -2.21. The number of urea groups is 1. The summed E-state index contributed by atoms with van der Waals surface area (Å²) in [6.07, 6.45) is -0.407. The molecule has 2 N–H and O–H groups in total. The Morgan fingerprint density at radius 3 is 2.41 bits per heavy atom. The first-order chi connectivity index (χ1) is 10.2. The highest BCUT2D eigenvalue weighted by Crippen LogP contribution is 2.38. The van der Waals surface area contributed by atoms with Crippen LogP contribution in [-0.2, 0) is 4.79 Å². The standard InChI is InChI=1S/C14H21F3N2O3/c1-8(2-3-9-4-5-9)18-13(22)19-6-10(12(20)21)11(7-19)14(15,16)17/h8-11H,2-7H2,1H3,(H,18,22)(H,20,21)/t8?,10-,11-/m1/s1. The SMILES string of the molecule is CC(CCC1CC1)NC(=O)N1C[C@@H](C(F)(F)F)[C@H](C(=O)O)C1. The van der Waals surface area contributed by atoms with Crippen molar-refractivity contribution < 1.29 is 27.9 Å². The van der Waals surface area contributed by atoms with Gasteiger partial charge in [-0.3, -0.25) is 4.79 Å². The molecule has 2 amide bonds. The van der Waals surface area contributed by atoms with Crippen LogP contribution in [0.25, 0.3) is 0 Å². The summed E-state index contributed by atoms with van der Waals surface area (Å²) < 4.78 is 38.6. The van der Waals surface area contributed by atoms with Crippen molar-refractivity contribution in [1.82, 2.24) is 10.2 Å². The number of hydrogen-bond acceptors (Lipinski definition) is 2. The minimum atomic E-state index is -4.62. The fourth-order valence-electron chi connectivity index (χ4n) is 2.82. The van der Waals surface area contributed by atoms with Gasteiger partial charge in [-0.25, -0.2) is 4.79 Å².